The number of methoxy groups -OCH3 is 1. The number of para-hydroxylation sites is 2. The largest absolute Gasteiger partial charge is 0.495 e. The van der Waals surface area contributed by atoms with Crippen molar-refractivity contribution in [2.45, 2.75) is 18.3 Å². The van der Waals surface area contributed by atoms with Crippen LogP contribution < -0.4 is 24.8 Å². The minimum absolute atomic E-state index is 0.0664. The molecule has 0 spiro atoms. The van der Waals surface area contributed by atoms with Gasteiger partial charge in [-0.3, -0.25) is 4.79 Å². The van der Waals surface area contributed by atoms with Crippen molar-refractivity contribution < 1.29 is 19.0 Å². The zero-order valence-electron chi connectivity index (χ0n) is 16.5. The summed E-state index contributed by atoms with van der Waals surface area (Å²) in [4.78, 5) is 17.6. The number of carbonyl (C=O) groups excluding carboxylic acids is 1. The summed E-state index contributed by atoms with van der Waals surface area (Å²) in [6.07, 6.45) is 1.58. The maximum Gasteiger partial charge on any atom is 0.236 e. The van der Waals surface area contributed by atoms with E-state index in [2.05, 4.69) is 15.6 Å². The van der Waals surface area contributed by atoms with Gasteiger partial charge >= 0.3 is 0 Å². The van der Waals surface area contributed by atoms with Crippen LogP contribution in [0.3, 0.4) is 0 Å². The molecule has 1 saturated carbocycles. The van der Waals surface area contributed by atoms with E-state index in [1.807, 2.05) is 54.6 Å². The lowest BCUT2D eigenvalue weighted by molar-refractivity contribution is -0.118. The second kappa shape index (κ2) is 7.26. The van der Waals surface area contributed by atoms with Crippen LogP contribution in [0.2, 0.25) is 0 Å². The van der Waals surface area contributed by atoms with Crippen molar-refractivity contribution >= 4 is 23.2 Å². The molecule has 0 radical (unpaired) electrons. The molecular formula is C23H21N3O4. The van der Waals surface area contributed by atoms with Gasteiger partial charge in [0, 0.05) is 0 Å². The number of benzene rings is 2. The van der Waals surface area contributed by atoms with Crippen LogP contribution in [0.1, 0.15) is 18.4 Å². The molecule has 0 bridgehead atoms. The number of ether oxygens (including phenoxy) is 3. The third-order valence-electron chi connectivity index (χ3n) is 5.47. The topological polar surface area (TPSA) is 81.7 Å². The van der Waals surface area contributed by atoms with Gasteiger partial charge in [0.1, 0.15) is 17.4 Å². The maximum absolute atomic E-state index is 13.1. The normalized spacial score (nSPS) is 15.4. The summed E-state index contributed by atoms with van der Waals surface area (Å²) in [5, 5.41) is 6.21. The molecule has 0 saturated heterocycles. The van der Waals surface area contributed by atoms with Gasteiger partial charge in [0.15, 0.2) is 11.5 Å². The number of aromatic nitrogens is 1. The van der Waals surface area contributed by atoms with E-state index < -0.39 is 5.41 Å². The summed E-state index contributed by atoms with van der Waals surface area (Å²) >= 11 is 0. The Morgan fingerprint density at radius 1 is 1.00 bits per heavy atom. The Labute approximate surface area is 174 Å². The summed E-state index contributed by atoms with van der Waals surface area (Å²) in [5.41, 5.74) is 1.19. The Hall–Kier alpha value is -3.74. The predicted molar refractivity (Wildman–Crippen MR) is 113 cm³/mol. The van der Waals surface area contributed by atoms with Crippen molar-refractivity contribution in [1.29, 1.82) is 0 Å². The highest BCUT2D eigenvalue weighted by atomic mass is 16.7. The van der Waals surface area contributed by atoms with Crippen LogP contribution in [-0.4, -0.2) is 24.8 Å². The van der Waals surface area contributed by atoms with Crippen molar-refractivity contribution in [3.8, 4) is 17.2 Å². The molecule has 1 amide bonds. The number of nitrogens with one attached hydrogen (secondary N) is 2. The zero-order chi connectivity index (χ0) is 20.6. The number of fused-ring (bicyclic) bond motifs is 1. The highest BCUT2D eigenvalue weighted by molar-refractivity contribution is 6.01. The molecule has 1 aliphatic heterocycles. The number of carbonyl (C=O) groups is 1. The highest BCUT2D eigenvalue weighted by Gasteiger charge is 2.51. The van der Waals surface area contributed by atoms with Gasteiger partial charge in [0.2, 0.25) is 12.7 Å². The molecule has 7 heteroatoms. The van der Waals surface area contributed by atoms with Gasteiger partial charge < -0.3 is 24.8 Å². The molecule has 7 nitrogen and oxygen atoms in total. The fourth-order valence-corrected chi connectivity index (χ4v) is 3.66. The van der Waals surface area contributed by atoms with Gasteiger partial charge in [0.05, 0.1) is 18.2 Å². The summed E-state index contributed by atoms with van der Waals surface area (Å²) in [7, 11) is 1.62. The van der Waals surface area contributed by atoms with E-state index in [4.69, 9.17) is 14.2 Å². The Balaban J connectivity index is 1.33. The second-order valence-electron chi connectivity index (χ2n) is 7.34. The number of amides is 1. The van der Waals surface area contributed by atoms with Crippen molar-refractivity contribution in [1.82, 2.24) is 4.98 Å². The lowest BCUT2D eigenvalue weighted by atomic mass is 9.94. The molecule has 5 rings (SSSR count). The molecule has 0 unspecified atom stereocenters. The minimum Gasteiger partial charge on any atom is -0.495 e. The Morgan fingerprint density at radius 3 is 2.63 bits per heavy atom. The number of hydrogen-bond acceptors (Lipinski definition) is 6. The van der Waals surface area contributed by atoms with Crippen LogP contribution in [0.5, 0.6) is 17.2 Å². The molecule has 1 aromatic heterocycles. The second-order valence-corrected chi connectivity index (χ2v) is 7.34. The van der Waals surface area contributed by atoms with E-state index >= 15 is 0 Å². The van der Waals surface area contributed by atoms with Crippen LogP contribution in [0, 0.1) is 0 Å². The summed E-state index contributed by atoms with van der Waals surface area (Å²) < 4.78 is 16.2. The number of anilines is 3. The average Bonchev–Trinajstić information content (AvgIpc) is 3.45. The minimum atomic E-state index is -0.547. The molecule has 2 aromatic carbocycles. The number of rotatable bonds is 6. The first-order valence-electron chi connectivity index (χ1n) is 9.77. The molecule has 30 heavy (non-hydrogen) atoms. The van der Waals surface area contributed by atoms with Gasteiger partial charge in [-0.1, -0.05) is 24.3 Å². The first-order valence-corrected chi connectivity index (χ1v) is 9.77. The smallest absolute Gasteiger partial charge is 0.236 e. The van der Waals surface area contributed by atoms with E-state index in [0.717, 1.165) is 24.1 Å². The average molecular weight is 403 g/mol. The summed E-state index contributed by atoms with van der Waals surface area (Å²) in [6.45, 7) is 0.216. The third-order valence-corrected chi connectivity index (χ3v) is 5.47. The maximum atomic E-state index is 13.1. The molecule has 1 aliphatic carbocycles. The lowest BCUT2D eigenvalue weighted by Crippen LogP contribution is -2.28. The van der Waals surface area contributed by atoms with Crippen LogP contribution >= 0.6 is 0 Å². The number of pyridine rings is 1. The summed E-state index contributed by atoms with van der Waals surface area (Å²) in [6, 6.07) is 18.8. The molecule has 3 aromatic rings. The Kier molecular flexibility index (Phi) is 4.43. The van der Waals surface area contributed by atoms with Crippen molar-refractivity contribution in [3.05, 3.63) is 66.2 Å². The van der Waals surface area contributed by atoms with E-state index in [1.54, 1.807) is 13.2 Å². The monoisotopic (exact) mass is 403 g/mol. The Morgan fingerprint density at radius 2 is 1.80 bits per heavy atom. The SMILES string of the molecule is COc1ccccc1Nc1cccc(NC(=O)C2(c3ccc4c(c3)OCO4)CC2)n1. The molecule has 0 atom stereocenters. The fourth-order valence-electron chi connectivity index (χ4n) is 3.66. The van der Waals surface area contributed by atoms with E-state index in [9.17, 15) is 4.79 Å². The molecule has 152 valence electrons. The highest BCUT2D eigenvalue weighted by Crippen LogP contribution is 2.51. The molecule has 2 heterocycles. The molecule has 1 fully saturated rings. The van der Waals surface area contributed by atoms with Crippen LogP contribution in [0.15, 0.2) is 60.7 Å². The molecular weight excluding hydrogens is 382 g/mol. The predicted octanol–water partition coefficient (Wildman–Crippen LogP) is 4.23. The lowest BCUT2D eigenvalue weighted by Gasteiger charge is -2.16. The van der Waals surface area contributed by atoms with E-state index in [0.29, 0.717) is 28.9 Å². The van der Waals surface area contributed by atoms with Gasteiger partial charge in [-0.05, 0) is 54.8 Å². The van der Waals surface area contributed by atoms with Crippen molar-refractivity contribution in [2.75, 3.05) is 24.5 Å². The summed E-state index contributed by atoms with van der Waals surface area (Å²) in [5.74, 6) is 3.16. The molecule has 2 N–H and O–H groups in total. The number of nitrogens with zero attached hydrogens (tertiary/aromatic N) is 1. The Bertz CT molecular complexity index is 1110. The number of hydrogen-bond donors (Lipinski definition) is 2. The van der Waals surface area contributed by atoms with Crippen molar-refractivity contribution in [3.63, 3.8) is 0 Å². The van der Waals surface area contributed by atoms with Gasteiger partial charge in [-0.25, -0.2) is 4.98 Å². The molecule has 2 aliphatic rings. The van der Waals surface area contributed by atoms with Crippen LogP contribution in [-0.2, 0) is 10.2 Å². The van der Waals surface area contributed by atoms with Gasteiger partial charge in [-0.15, -0.1) is 0 Å². The first-order chi connectivity index (χ1) is 14.7. The third kappa shape index (κ3) is 3.28. The van der Waals surface area contributed by atoms with Gasteiger partial charge in [0.25, 0.3) is 0 Å². The van der Waals surface area contributed by atoms with Crippen LogP contribution in [0.25, 0.3) is 0 Å². The van der Waals surface area contributed by atoms with Crippen molar-refractivity contribution in [2.24, 2.45) is 0 Å². The fraction of sp³-hybridized carbons (Fsp3) is 0.217. The standard InChI is InChI=1S/C23H21N3O4/c1-28-17-6-3-2-5-16(17)24-20-7-4-8-21(25-20)26-22(27)23(11-12-23)15-9-10-18-19(13-15)30-14-29-18/h2-10,13H,11-12,14H2,1H3,(H2,24,25,26,27). The van der Waals surface area contributed by atoms with E-state index in [1.165, 1.54) is 0 Å². The van der Waals surface area contributed by atoms with Crippen LogP contribution in [0.4, 0.5) is 17.3 Å². The first kappa shape index (κ1) is 18.3. The zero-order valence-corrected chi connectivity index (χ0v) is 16.5. The van der Waals surface area contributed by atoms with Gasteiger partial charge in [-0.2, -0.15) is 0 Å². The van der Waals surface area contributed by atoms with E-state index in [-0.39, 0.29) is 12.7 Å². The quantitative estimate of drug-likeness (QED) is 0.641.